The average Bonchev–Trinajstić information content (AvgIpc) is 2.65. The van der Waals surface area contributed by atoms with Crippen molar-refractivity contribution in [1.82, 2.24) is 14.9 Å². The van der Waals surface area contributed by atoms with Gasteiger partial charge in [-0.1, -0.05) is 11.6 Å². The monoisotopic (exact) mass is 564 g/mol. The number of nitrogens with zero attached hydrogens (tertiary/aromatic N) is 2. The maximum atomic E-state index is 12.3. The first kappa shape index (κ1) is 25.2. The Kier molecular flexibility index (Phi) is 12.5. The maximum absolute atomic E-state index is 12.3. The van der Waals surface area contributed by atoms with Gasteiger partial charge in [0.15, 0.2) is 5.96 Å². The number of guanidine groups is 1. The van der Waals surface area contributed by atoms with Crippen molar-refractivity contribution in [3.63, 3.8) is 0 Å². The SMILES string of the molecule is CN=C(NCCSc1ccc(Cl)cc1)NCCS(=O)(=O)N1CCSCC1.I. The van der Waals surface area contributed by atoms with E-state index >= 15 is 0 Å². The van der Waals surface area contributed by atoms with Crippen molar-refractivity contribution < 1.29 is 8.42 Å². The lowest BCUT2D eigenvalue weighted by Gasteiger charge is -2.25. The number of sulfonamides is 1. The van der Waals surface area contributed by atoms with Gasteiger partial charge < -0.3 is 10.6 Å². The van der Waals surface area contributed by atoms with Crippen LogP contribution in [0.4, 0.5) is 0 Å². The van der Waals surface area contributed by atoms with E-state index in [0.29, 0.717) is 25.6 Å². The van der Waals surface area contributed by atoms with E-state index in [9.17, 15) is 8.42 Å². The summed E-state index contributed by atoms with van der Waals surface area (Å²) in [6.45, 7) is 2.29. The Bertz CT molecular complexity index is 683. The second-order valence-electron chi connectivity index (χ2n) is 5.56. The first-order chi connectivity index (χ1) is 12.5. The predicted molar refractivity (Wildman–Crippen MR) is 130 cm³/mol. The van der Waals surface area contributed by atoms with Gasteiger partial charge in [-0.25, -0.2) is 12.7 Å². The number of benzene rings is 1. The molecule has 0 unspecified atom stereocenters. The Morgan fingerprint density at radius 3 is 2.48 bits per heavy atom. The lowest BCUT2D eigenvalue weighted by Crippen LogP contribution is -2.44. The van der Waals surface area contributed by atoms with Crippen molar-refractivity contribution >= 4 is 75.1 Å². The fourth-order valence-corrected chi connectivity index (χ4v) is 5.73. The molecule has 0 aromatic heterocycles. The van der Waals surface area contributed by atoms with Gasteiger partial charge >= 0.3 is 0 Å². The van der Waals surface area contributed by atoms with Crippen molar-refractivity contribution in [3.8, 4) is 0 Å². The Balaban J connectivity index is 0.00000364. The summed E-state index contributed by atoms with van der Waals surface area (Å²) in [7, 11) is -1.51. The van der Waals surface area contributed by atoms with Crippen molar-refractivity contribution in [3.05, 3.63) is 29.3 Å². The molecular weight excluding hydrogens is 539 g/mol. The molecule has 1 aliphatic heterocycles. The second kappa shape index (κ2) is 13.4. The Morgan fingerprint density at radius 2 is 1.85 bits per heavy atom. The van der Waals surface area contributed by atoms with Gasteiger partial charge in [0, 0.05) is 60.4 Å². The number of aliphatic imine (C=N–C) groups is 1. The van der Waals surface area contributed by atoms with Crippen LogP contribution in [0.5, 0.6) is 0 Å². The molecule has 1 aliphatic rings. The lowest BCUT2D eigenvalue weighted by atomic mass is 10.4. The van der Waals surface area contributed by atoms with Crippen LogP contribution in [0.15, 0.2) is 34.2 Å². The zero-order valence-electron chi connectivity index (χ0n) is 15.2. The van der Waals surface area contributed by atoms with Crippen LogP contribution >= 0.6 is 59.1 Å². The van der Waals surface area contributed by atoms with Gasteiger partial charge in [-0.15, -0.1) is 35.7 Å². The van der Waals surface area contributed by atoms with Crippen LogP contribution in [0.2, 0.25) is 5.02 Å². The highest BCUT2D eigenvalue weighted by Gasteiger charge is 2.23. The lowest BCUT2D eigenvalue weighted by molar-refractivity contribution is 0.443. The van der Waals surface area contributed by atoms with Crippen molar-refractivity contribution in [2.45, 2.75) is 4.90 Å². The summed E-state index contributed by atoms with van der Waals surface area (Å²) in [5, 5.41) is 7.00. The molecule has 1 fully saturated rings. The minimum Gasteiger partial charge on any atom is -0.356 e. The van der Waals surface area contributed by atoms with Gasteiger partial charge in [-0.05, 0) is 24.3 Å². The van der Waals surface area contributed by atoms with Gasteiger partial charge in [0.2, 0.25) is 10.0 Å². The first-order valence-electron chi connectivity index (χ1n) is 8.40. The molecule has 1 aromatic rings. The maximum Gasteiger partial charge on any atom is 0.215 e. The normalized spacial score (nSPS) is 15.9. The van der Waals surface area contributed by atoms with Gasteiger partial charge in [0.25, 0.3) is 0 Å². The summed E-state index contributed by atoms with van der Waals surface area (Å²) in [5.41, 5.74) is 0. The molecule has 0 spiro atoms. The third-order valence-electron chi connectivity index (χ3n) is 3.72. The molecule has 0 aliphatic carbocycles. The van der Waals surface area contributed by atoms with Crippen LogP contribution in [0.1, 0.15) is 0 Å². The average molecular weight is 565 g/mol. The molecule has 0 bridgehead atoms. The predicted octanol–water partition coefficient (Wildman–Crippen LogP) is 2.59. The van der Waals surface area contributed by atoms with Gasteiger partial charge in [-0.3, -0.25) is 4.99 Å². The van der Waals surface area contributed by atoms with E-state index in [1.165, 1.54) is 0 Å². The van der Waals surface area contributed by atoms with Crippen LogP contribution in [0, 0.1) is 0 Å². The molecule has 6 nitrogen and oxygen atoms in total. The van der Waals surface area contributed by atoms with E-state index in [1.807, 2.05) is 24.3 Å². The van der Waals surface area contributed by atoms with Crippen LogP contribution in [0.25, 0.3) is 0 Å². The number of nitrogens with one attached hydrogen (secondary N) is 2. The summed E-state index contributed by atoms with van der Waals surface area (Å²) >= 11 is 9.39. The minimum atomic E-state index is -3.19. The van der Waals surface area contributed by atoms with Crippen LogP contribution in [0.3, 0.4) is 0 Å². The fraction of sp³-hybridized carbons (Fsp3) is 0.562. The molecule has 0 saturated carbocycles. The first-order valence-corrected chi connectivity index (χ1v) is 12.5. The van der Waals surface area contributed by atoms with E-state index < -0.39 is 10.0 Å². The summed E-state index contributed by atoms with van der Waals surface area (Å²) in [6, 6.07) is 7.73. The minimum absolute atomic E-state index is 0. The topological polar surface area (TPSA) is 73.8 Å². The molecule has 27 heavy (non-hydrogen) atoms. The molecule has 0 radical (unpaired) electrons. The Morgan fingerprint density at radius 1 is 1.22 bits per heavy atom. The second-order valence-corrected chi connectivity index (χ2v) is 10.5. The van der Waals surface area contributed by atoms with Crippen LogP contribution in [-0.4, -0.2) is 74.9 Å². The Hall–Kier alpha value is 0.120. The summed E-state index contributed by atoms with van der Waals surface area (Å²) in [5.74, 6) is 3.32. The zero-order chi connectivity index (χ0) is 18.8. The molecule has 1 heterocycles. The largest absolute Gasteiger partial charge is 0.356 e. The van der Waals surface area contributed by atoms with E-state index in [-0.39, 0.29) is 29.7 Å². The molecule has 2 N–H and O–H groups in total. The molecule has 0 atom stereocenters. The molecule has 11 heteroatoms. The number of halogens is 2. The third-order valence-corrected chi connectivity index (χ3v) is 7.80. The van der Waals surface area contributed by atoms with Gasteiger partial charge in [0.1, 0.15) is 0 Å². The fourth-order valence-electron chi connectivity index (χ4n) is 2.34. The van der Waals surface area contributed by atoms with E-state index in [4.69, 9.17) is 11.6 Å². The van der Waals surface area contributed by atoms with Crippen LogP contribution < -0.4 is 10.6 Å². The summed E-state index contributed by atoms with van der Waals surface area (Å²) < 4.78 is 26.2. The Labute approximate surface area is 192 Å². The highest BCUT2D eigenvalue weighted by molar-refractivity contribution is 14.0. The highest BCUT2D eigenvalue weighted by Crippen LogP contribution is 2.19. The standard InChI is InChI=1S/C16H25ClN4O2S3.HI/c1-18-16(19-6-10-25-15-4-2-14(17)3-5-15)20-7-13-26(22,23)21-8-11-24-12-9-21;/h2-5H,6-13H2,1H3,(H2,18,19,20);1H. The summed E-state index contributed by atoms with van der Waals surface area (Å²) in [6.07, 6.45) is 0. The molecular formula is C16H26ClIN4O2S3. The van der Waals surface area contributed by atoms with Crippen molar-refractivity contribution in [2.24, 2.45) is 4.99 Å². The molecule has 154 valence electrons. The molecule has 1 saturated heterocycles. The highest BCUT2D eigenvalue weighted by atomic mass is 127. The molecule has 2 rings (SSSR count). The molecule has 0 amide bonds. The van der Waals surface area contributed by atoms with E-state index in [2.05, 4.69) is 15.6 Å². The van der Waals surface area contributed by atoms with Gasteiger partial charge in [-0.2, -0.15) is 11.8 Å². The molecule has 1 aromatic carbocycles. The van der Waals surface area contributed by atoms with Crippen LogP contribution in [-0.2, 0) is 10.0 Å². The smallest absolute Gasteiger partial charge is 0.215 e. The quantitative estimate of drug-likeness (QED) is 0.166. The number of hydrogen-bond acceptors (Lipinski definition) is 5. The van der Waals surface area contributed by atoms with Crippen molar-refractivity contribution in [1.29, 1.82) is 0 Å². The van der Waals surface area contributed by atoms with Crippen molar-refractivity contribution in [2.75, 3.05) is 56.2 Å². The number of hydrogen-bond donors (Lipinski definition) is 2. The number of rotatable bonds is 8. The summed E-state index contributed by atoms with van der Waals surface area (Å²) in [4.78, 5) is 5.29. The van der Waals surface area contributed by atoms with E-state index in [0.717, 1.165) is 33.7 Å². The zero-order valence-corrected chi connectivity index (χ0v) is 20.7. The third kappa shape index (κ3) is 9.44. The van der Waals surface area contributed by atoms with E-state index in [1.54, 1.807) is 34.9 Å². The number of thioether (sulfide) groups is 2. The van der Waals surface area contributed by atoms with Gasteiger partial charge in [0.05, 0.1) is 5.75 Å².